The van der Waals surface area contributed by atoms with Gasteiger partial charge in [0, 0.05) is 41.2 Å². The minimum atomic E-state index is -0.494. The minimum absolute atomic E-state index is 0.0561. The van der Waals surface area contributed by atoms with Gasteiger partial charge in [-0.05, 0) is 30.3 Å². The number of nitrogens with one attached hydrogen (secondary N) is 2. The maximum atomic E-state index is 12.5. The summed E-state index contributed by atoms with van der Waals surface area (Å²) in [6.45, 7) is 0. The van der Waals surface area contributed by atoms with E-state index in [2.05, 4.69) is 20.8 Å². The second kappa shape index (κ2) is 10.0. The van der Waals surface area contributed by atoms with Crippen molar-refractivity contribution >= 4 is 40.9 Å². The van der Waals surface area contributed by atoms with Crippen molar-refractivity contribution in [1.29, 1.82) is 0 Å². The van der Waals surface area contributed by atoms with Crippen LogP contribution in [0.2, 0.25) is 0 Å². The number of aromatic nitrogens is 3. The van der Waals surface area contributed by atoms with E-state index in [4.69, 9.17) is 0 Å². The third-order valence-electron chi connectivity index (χ3n) is 5.54. The van der Waals surface area contributed by atoms with E-state index < -0.39 is 16.7 Å². The number of nitro benzene ring substituents is 1. The Morgan fingerprint density at radius 1 is 0.973 bits per heavy atom. The number of fused-ring (bicyclic) bond motifs is 1. The monoisotopic (exact) mass is 514 g/mol. The summed E-state index contributed by atoms with van der Waals surface area (Å²) in [6.07, 6.45) is 0.140. The molecule has 4 aromatic rings. The van der Waals surface area contributed by atoms with Crippen LogP contribution in [0, 0.1) is 10.1 Å². The number of nitrogens with zero attached hydrogens (tertiary/aromatic N) is 4. The summed E-state index contributed by atoms with van der Waals surface area (Å²) in [5, 5.41) is 25.3. The number of hydrogen-bond acceptors (Lipinski definition) is 8. The van der Waals surface area contributed by atoms with E-state index in [0.717, 1.165) is 5.69 Å². The molecular weight excluding hydrogens is 496 g/mol. The Morgan fingerprint density at radius 2 is 1.76 bits per heavy atom. The van der Waals surface area contributed by atoms with Gasteiger partial charge in [0.05, 0.1) is 16.1 Å². The number of hydrogen-bond donors (Lipinski definition) is 2. The van der Waals surface area contributed by atoms with E-state index >= 15 is 0 Å². The number of non-ortho nitro benzene ring substituents is 1. The fraction of sp³-hybridized carbons (Fsp3) is 0.0800. The van der Waals surface area contributed by atoms with Crippen LogP contribution in [-0.4, -0.2) is 43.2 Å². The lowest BCUT2D eigenvalue weighted by atomic mass is 10.1. The van der Waals surface area contributed by atoms with Crippen molar-refractivity contribution < 1.29 is 19.3 Å². The largest absolute Gasteiger partial charge is 0.326 e. The molecule has 2 N–H and O–H groups in total. The highest BCUT2D eigenvalue weighted by molar-refractivity contribution is 7.99. The number of para-hydroxylation sites is 1. The minimum Gasteiger partial charge on any atom is -0.326 e. The molecule has 0 atom stereocenters. The highest BCUT2D eigenvalue weighted by Gasteiger charge is 2.27. The fourth-order valence-corrected chi connectivity index (χ4v) is 4.71. The summed E-state index contributed by atoms with van der Waals surface area (Å²) in [5.74, 6) is -0.419. The van der Waals surface area contributed by atoms with Gasteiger partial charge in [0.1, 0.15) is 0 Å². The molecule has 184 valence electrons. The molecule has 1 aliphatic rings. The zero-order chi connectivity index (χ0) is 25.9. The normalized spacial score (nSPS) is 12.2. The third-order valence-corrected chi connectivity index (χ3v) is 6.47. The lowest BCUT2D eigenvalue weighted by molar-refractivity contribution is -0.384. The van der Waals surface area contributed by atoms with Crippen LogP contribution in [0.3, 0.4) is 0 Å². The fourth-order valence-electron chi connectivity index (χ4n) is 3.82. The quantitative estimate of drug-likeness (QED) is 0.156. The van der Waals surface area contributed by atoms with Crippen LogP contribution in [0.5, 0.6) is 0 Å². The predicted molar refractivity (Wildman–Crippen MR) is 136 cm³/mol. The van der Waals surface area contributed by atoms with Crippen LogP contribution in [0.1, 0.15) is 27.1 Å². The van der Waals surface area contributed by atoms with Gasteiger partial charge in [-0.2, -0.15) is 0 Å². The van der Waals surface area contributed by atoms with Crippen LogP contribution in [0.4, 0.5) is 11.4 Å². The van der Waals surface area contributed by atoms with Gasteiger partial charge >= 0.3 is 0 Å². The van der Waals surface area contributed by atoms with Gasteiger partial charge in [0.2, 0.25) is 5.91 Å². The molecular formula is C25H18N6O5S. The molecule has 37 heavy (non-hydrogen) atoms. The van der Waals surface area contributed by atoms with Gasteiger partial charge in [0.15, 0.2) is 11.0 Å². The smallest absolute Gasteiger partial charge is 0.270 e. The number of amides is 3. The second-order valence-corrected chi connectivity index (χ2v) is 9.04. The first-order valence-corrected chi connectivity index (χ1v) is 12.1. The number of rotatable bonds is 8. The SMILES string of the molecule is O=C(CCSc1nnc(-c2cccc([N+](=O)[O-])c2)n1-c1ccccc1)Nc1ccc2c(c1)C(=O)NC2=O. The molecule has 5 rings (SSSR count). The number of nitro groups is 1. The summed E-state index contributed by atoms with van der Waals surface area (Å²) in [4.78, 5) is 46.9. The van der Waals surface area contributed by atoms with Crippen LogP contribution >= 0.6 is 11.8 Å². The van der Waals surface area contributed by atoms with Crippen LogP contribution < -0.4 is 10.6 Å². The Labute approximate surface area is 214 Å². The maximum Gasteiger partial charge on any atom is 0.270 e. The number of carbonyl (C=O) groups is 3. The van der Waals surface area contributed by atoms with Gasteiger partial charge in [-0.3, -0.25) is 34.4 Å². The summed E-state index contributed by atoms with van der Waals surface area (Å²) in [7, 11) is 0. The molecule has 11 nitrogen and oxygen atoms in total. The Morgan fingerprint density at radius 3 is 2.54 bits per heavy atom. The highest BCUT2D eigenvalue weighted by atomic mass is 32.2. The molecule has 0 spiro atoms. The number of benzene rings is 3. The zero-order valence-corrected chi connectivity index (χ0v) is 19.9. The van der Waals surface area contributed by atoms with E-state index in [9.17, 15) is 24.5 Å². The maximum absolute atomic E-state index is 12.5. The van der Waals surface area contributed by atoms with Crippen molar-refractivity contribution in [3.05, 3.63) is 94.0 Å². The molecule has 0 bridgehead atoms. The molecule has 0 saturated carbocycles. The van der Waals surface area contributed by atoms with Crippen molar-refractivity contribution in [2.45, 2.75) is 11.6 Å². The van der Waals surface area contributed by atoms with E-state index in [1.807, 2.05) is 30.3 Å². The van der Waals surface area contributed by atoms with E-state index in [1.165, 1.54) is 36.0 Å². The first-order valence-electron chi connectivity index (χ1n) is 11.1. The summed E-state index contributed by atoms with van der Waals surface area (Å²) in [5.41, 5.74) is 2.17. The lowest BCUT2D eigenvalue weighted by Crippen LogP contribution is -2.19. The average molecular weight is 515 g/mol. The number of carbonyl (C=O) groups excluding carboxylic acids is 3. The summed E-state index contributed by atoms with van der Waals surface area (Å²) < 4.78 is 1.79. The molecule has 1 aliphatic heterocycles. The average Bonchev–Trinajstić information content (AvgIpc) is 3.44. The van der Waals surface area contributed by atoms with Crippen LogP contribution in [-0.2, 0) is 4.79 Å². The van der Waals surface area contributed by atoms with Crippen molar-refractivity contribution in [3.8, 4) is 17.1 Å². The van der Waals surface area contributed by atoms with Crippen LogP contribution in [0.15, 0.2) is 78.0 Å². The topological polar surface area (TPSA) is 149 Å². The Hall–Kier alpha value is -4.84. The van der Waals surface area contributed by atoms with E-state index in [-0.39, 0.29) is 29.1 Å². The third kappa shape index (κ3) is 4.95. The molecule has 2 heterocycles. The number of anilines is 1. The first-order chi connectivity index (χ1) is 17.9. The molecule has 0 radical (unpaired) electrons. The highest BCUT2D eigenvalue weighted by Crippen LogP contribution is 2.30. The second-order valence-electron chi connectivity index (χ2n) is 7.97. The van der Waals surface area contributed by atoms with Gasteiger partial charge in [-0.1, -0.05) is 42.1 Å². The Kier molecular flexibility index (Phi) is 6.47. The summed E-state index contributed by atoms with van der Waals surface area (Å²) >= 11 is 1.31. The van der Waals surface area contributed by atoms with Gasteiger partial charge < -0.3 is 5.32 Å². The lowest BCUT2D eigenvalue weighted by Gasteiger charge is -2.10. The molecule has 0 unspecified atom stereocenters. The van der Waals surface area contributed by atoms with E-state index in [1.54, 1.807) is 22.8 Å². The zero-order valence-electron chi connectivity index (χ0n) is 19.1. The molecule has 0 saturated heterocycles. The van der Waals surface area contributed by atoms with Crippen molar-refractivity contribution in [2.75, 3.05) is 11.1 Å². The van der Waals surface area contributed by atoms with E-state index in [0.29, 0.717) is 28.0 Å². The molecule has 3 aromatic carbocycles. The van der Waals surface area contributed by atoms with Gasteiger partial charge in [0.25, 0.3) is 17.5 Å². The first kappa shape index (κ1) is 23.9. The standard InChI is InChI=1S/C25H18N6O5S/c32-21(26-16-9-10-19-20(14-16)24(34)27-23(19)33)11-12-37-25-29-28-22(30(25)17-6-2-1-3-7-17)15-5-4-8-18(13-15)31(35)36/h1-10,13-14H,11-12H2,(H,26,32)(H,27,33,34). The van der Waals surface area contributed by atoms with Crippen molar-refractivity contribution in [2.24, 2.45) is 0 Å². The summed E-state index contributed by atoms with van der Waals surface area (Å²) in [6, 6.07) is 20.0. The van der Waals surface area contributed by atoms with Crippen LogP contribution in [0.25, 0.3) is 17.1 Å². The Balaban J connectivity index is 1.32. The molecule has 3 amide bonds. The van der Waals surface area contributed by atoms with Gasteiger partial charge in [-0.25, -0.2) is 0 Å². The van der Waals surface area contributed by atoms with Crippen molar-refractivity contribution in [3.63, 3.8) is 0 Å². The van der Waals surface area contributed by atoms with Crippen molar-refractivity contribution in [1.82, 2.24) is 20.1 Å². The molecule has 0 aliphatic carbocycles. The predicted octanol–water partition coefficient (Wildman–Crippen LogP) is 3.85. The molecule has 0 fully saturated rings. The Bertz CT molecular complexity index is 1550. The number of imide groups is 1. The molecule has 1 aromatic heterocycles. The van der Waals surface area contributed by atoms with Gasteiger partial charge in [-0.15, -0.1) is 10.2 Å². The number of thioether (sulfide) groups is 1. The molecule has 12 heteroatoms.